The van der Waals surface area contributed by atoms with Crippen LogP contribution in [0.25, 0.3) is 0 Å². The molecule has 3 aromatic carbocycles. The van der Waals surface area contributed by atoms with E-state index in [2.05, 4.69) is 10.6 Å². The molecule has 2 N–H and O–H groups in total. The summed E-state index contributed by atoms with van der Waals surface area (Å²) in [5.74, 6) is 0.989. The minimum Gasteiger partial charge on any atom is -0.497 e. The predicted molar refractivity (Wildman–Crippen MR) is 129 cm³/mol. The third-order valence-corrected chi connectivity index (χ3v) is 6.06. The minimum absolute atomic E-state index is 0.0865. The van der Waals surface area contributed by atoms with Gasteiger partial charge in [-0.15, -0.1) is 11.8 Å². The zero-order valence-electron chi connectivity index (χ0n) is 18.3. The van der Waals surface area contributed by atoms with Gasteiger partial charge in [0.05, 0.1) is 19.5 Å². The molecule has 6 nitrogen and oxygen atoms in total. The normalized spacial score (nSPS) is 11.3. The van der Waals surface area contributed by atoms with E-state index in [1.54, 1.807) is 44.6 Å². The van der Waals surface area contributed by atoms with Gasteiger partial charge in [0.15, 0.2) is 0 Å². The molecule has 0 saturated carbocycles. The lowest BCUT2D eigenvalue weighted by molar-refractivity contribution is -0.115. The number of hydrogen-bond acceptors (Lipinski definition) is 5. The number of ether oxygens (including phenoxy) is 2. The van der Waals surface area contributed by atoms with E-state index < -0.39 is 0 Å². The van der Waals surface area contributed by atoms with Gasteiger partial charge in [0.25, 0.3) is 5.91 Å². The first-order chi connectivity index (χ1) is 15.5. The molecule has 1 unspecified atom stereocenters. The standard InChI is InChI=1S/C25H26N2O4S/c1-4-23(25(29)27-18-9-6-12-21(15-18)31-3)32-22-13-7-10-19(16-22)26-24(28)17-8-5-11-20(14-17)30-2/h5-16,23H,4H2,1-3H3,(H,26,28)(H,27,29). The van der Waals surface area contributed by atoms with Crippen molar-refractivity contribution < 1.29 is 19.1 Å². The van der Waals surface area contributed by atoms with E-state index in [9.17, 15) is 9.59 Å². The summed E-state index contributed by atoms with van der Waals surface area (Å²) in [4.78, 5) is 26.3. The fraction of sp³-hybridized carbons (Fsp3) is 0.200. The highest BCUT2D eigenvalue weighted by atomic mass is 32.2. The van der Waals surface area contributed by atoms with Gasteiger partial charge in [-0.2, -0.15) is 0 Å². The Morgan fingerprint density at radius 3 is 2.16 bits per heavy atom. The largest absolute Gasteiger partial charge is 0.497 e. The Morgan fingerprint density at radius 1 is 0.844 bits per heavy atom. The van der Waals surface area contributed by atoms with Crippen molar-refractivity contribution in [3.8, 4) is 11.5 Å². The molecule has 0 saturated heterocycles. The molecule has 0 aliphatic rings. The highest BCUT2D eigenvalue weighted by Crippen LogP contribution is 2.29. The van der Waals surface area contributed by atoms with E-state index in [1.165, 1.54) is 11.8 Å². The topological polar surface area (TPSA) is 76.7 Å². The van der Waals surface area contributed by atoms with E-state index in [0.29, 0.717) is 34.9 Å². The van der Waals surface area contributed by atoms with Crippen LogP contribution in [0.2, 0.25) is 0 Å². The number of anilines is 2. The molecule has 0 aliphatic heterocycles. The zero-order chi connectivity index (χ0) is 22.9. The molecule has 1 atom stereocenters. The number of rotatable bonds is 9. The van der Waals surface area contributed by atoms with Crippen molar-refractivity contribution in [2.75, 3.05) is 24.9 Å². The SMILES string of the molecule is CCC(Sc1cccc(NC(=O)c2cccc(OC)c2)c1)C(=O)Nc1cccc(OC)c1. The van der Waals surface area contributed by atoms with Gasteiger partial charge < -0.3 is 20.1 Å². The van der Waals surface area contributed by atoms with Crippen LogP contribution in [0, 0.1) is 0 Å². The first-order valence-corrected chi connectivity index (χ1v) is 11.1. The molecular weight excluding hydrogens is 424 g/mol. The van der Waals surface area contributed by atoms with Crippen LogP contribution in [0.4, 0.5) is 11.4 Å². The summed E-state index contributed by atoms with van der Waals surface area (Å²) in [6.07, 6.45) is 0.654. The number of amides is 2. The maximum absolute atomic E-state index is 12.8. The predicted octanol–water partition coefficient (Wildman–Crippen LogP) is 5.47. The second-order valence-electron chi connectivity index (χ2n) is 6.95. The Kier molecular flexibility index (Phi) is 8.16. The fourth-order valence-corrected chi connectivity index (χ4v) is 4.04. The molecule has 7 heteroatoms. The summed E-state index contributed by atoms with van der Waals surface area (Å²) in [7, 11) is 3.15. The number of methoxy groups -OCH3 is 2. The summed E-state index contributed by atoms with van der Waals surface area (Å²) < 4.78 is 10.4. The average Bonchev–Trinajstić information content (AvgIpc) is 2.82. The van der Waals surface area contributed by atoms with Crippen molar-refractivity contribution in [3.63, 3.8) is 0 Å². The molecule has 0 aromatic heterocycles. The van der Waals surface area contributed by atoms with Gasteiger partial charge >= 0.3 is 0 Å². The Labute approximate surface area is 192 Å². The monoisotopic (exact) mass is 450 g/mol. The second-order valence-corrected chi connectivity index (χ2v) is 8.23. The van der Waals surface area contributed by atoms with Gasteiger partial charge in [0, 0.05) is 27.9 Å². The van der Waals surface area contributed by atoms with Crippen molar-refractivity contribution in [3.05, 3.63) is 78.4 Å². The lowest BCUT2D eigenvalue weighted by Gasteiger charge is -2.16. The van der Waals surface area contributed by atoms with Gasteiger partial charge in [-0.1, -0.05) is 25.1 Å². The summed E-state index contributed by atoms with van der Waals surface area (Å²) in [5, 5.41) is 5.56. The van der Waals surface area contributed by atoms with E-state index in [4.69, 9.17) is 9.47 Å². The molecule has 2 amide bonds. The van der Waals surface area contributed by atoms with Crippen LogP contribution < -0.4 is 20.1 Å². The van der Waals surface area contributed by atoms with E-state index >= 15 is 0 Å². The van der Waals surface area contributed by atoms with Crippen molar-refractivity contribution in [2.24, 2.45) is 0 Å². The first-order valence-electron chi connectivity index (χ1n) is 10.2. The van der Waals surface area contributed by atoms with Crippen LogP contribution in [0.1, 0.15) is 23.7 Å². The number of nitrogens with one attached hydrogen (secondary N) is 2. The van der Waals surface area contributed by atoms with E-state index in [-0.39, 0.29) is 17.1 Å². The summed E-state index contributed by atoms with van der Waals surface area (Å²) in [5.41, 5.74) is 1.85. The fourth-order valence-electron chi connectivity index (χ4n) is 3.02. The highest BCUT2D eigenvalue weighted by Gasteiger charge is 2.19. The Bertz CT molecular complexity index is 1090. The van der Waals surface area contributed by atoms with Crippen LogP contribution in [0.3, 0.4) is 0 Å². The minimum atomic E-state index is -0.287. The molecule has 166 valence electrons. The highest BCUT2D eigenvalue weighted by molar-refractivity contribution is 8.00. The molecule has 0 heterocycles. The van der Waals surface area contributed by atoms with Gasteiger partial charge in [-0.05, 0) is 55.0 Å². The van der Waals surface area contributed by atoms with E-state index in [1.807, 2.05) is 49.4 Å². The molecule has 3 aromatic rings. The average molecular weight is 451 g/mol. The number of benzene rings is 3. The summed E-state index contributed by atoms with van der Waals surface area (Å²) >= 11 is 1.45. The quantitative estimate of drug-likeness (QED) is 0.423. The summed E-state index contributed by atoms with van der Waals surface area (Å²) in [6, 6.07) is 21.7. The molecule has 0 radical (unpaired) electrons. The van der Waals surface area contributed by atoms with E-state index in [0.717, 1.165) is 4.90 Å². The van der Waals surface area contributed by atoms with Gasteiger partial charge in [0.1, 0.15) is 11.5 Å². The number of hydrogen-bond donors (Lipinski definition) is 2. The third-order valence-electron chi connectivity index (χ3n) is 4.70. The summed E-state index contributed by atoms with van der Waals surface area (Å²) in [6.45, 7) is 1.97. The maximum Gasteiger partial charge on any atom is 0.255 e. The second kappa shape index (κ2) is 11.2. The molecule has 32 heavy (non-hydrogen) atoms. The van der Waals surface area contributed by atoms with Crippen molar-refractivity contribution in [2.45, 2.75) is 23.5 Å². The lowest BCUT2D eigenvalue weighted by atomic mass is 10.2. The maximum atomic E-state index is 12.8. The van der Waals surface area contributed by atoms with Gasteiger partial charge in [-0.3, -0.25) is 9.59 Å². The van der Waals surface area contributed by atoms with Crippen molar-refractivity contribution in [1.29, 1.82) is 0 Å². The Hall–Kier alpha value is -3.45. The van der Waals surface area contributed by atoms with Gasteiger partial charge in [-0.25, -0.2) is 0 Å². The molecule has 3 rings (SSSR count). The molecular formula is C25H26N2O4S. The van der Waals surface area contributed by atoms with Crippen LogP contribution in [-0.2, 0) is 4.79 Å². The molecule has 0 fully saturated rings. The molecule has 0 spiro atoms. The lowest BCUT2D eigenvalue weighted by Crippen LogP contribution is -2.24. The molecule has 0 aliphatic carbocycles. The number of thioether (sulfide) groups is 1. The van der Waals surface area contributed by atoms with Crippen LogP contribution in [0.15, 0.2) is 77.7 Å². The van der Waals surface area contributed by atoms with Crippen LogP contribution in [-0.4, -0.2) is 31.3 Å². The number of carbonyl (C=O) groups is 2. The van der Waals surface area contributed by atoms with Crippen LogP contribution in [0.5, 0.6) is 11.5 Å². The van der Waals surface area contributed by atoms with Crippen molar-refractivity contribution >= 4 is 35.0 Å². The van der Waals surface area contributed by atoms with Gasteiger partial charge in [0.2, 0.25) is 5.91 Å². The van der Waals surface area contributed by atoms with Crippen LogP contribution >= 0.6 is 11.8 Å². The Balaban J connectivity index is 1.66. The zero-order valence-corrected chi connectivity index (χ0v) is 19.1. The number of carbonyl (C=O) groups excluding carboxylic acids is 2. The smallest absolute Gasteiger partial charge is 0.255 e. The third kappa shape index (κ3) is 6.28. The molecule has 0 bridgehead atoms. The Morgan fingerprint density at radius 2 is 1.47 bits per heavy atom. The van der Waals surface area contributed by atoms with Crippen molar-refractivity contribution in [1.82, 2.24) is 0 Å². The first kappa shape index (κ1) is 23.2.